The number of carbonyl (C=O) groups excluding carboxylic acids is 1. The summed E-state index contributed by atoms with van der Waals surface area (Å²) in [6.45, 7) is 1.59. The third kappa shape index (κ3) is 3.48. The first-order chi connectivity index (χ1) is 8.90. The first-order valence-electron chi connectivity index (χ1n) is 5.85. The van der Waals surface area contributed by atoms with Gasteiger partial charge in [0, 0.05) is 19.7 Å². The van der Waals surface area contributed by atoms with E-state index in [9.17, 15) is 13.6 Å². The zero-order valence-corrected chi connectivity index (χ0v) is 11.2. The van der Waals surface area contributed by atoms with Gasteiger partial charge in [-0.05, 0) is 19.1 Å². The molecule has 0 fully saturated rings. The van der Waals surface area contributed by atoms with Gasteiger partial charge in [-0.25, -0.2) is 8.78 Å². The second-order valence-corrected chi connectivity index (χ2v) is 4.32. The number of carbonyl (C=O) groups is 1. The summed E-state index contributed by atoms with van der Waals surface area (Å²) in [5.41, 5.74) is 5.47. The topological polar surface area (TPSA) is 55.6 Å². The molecule has 0 aliphatic heterocycles. The molecule has 2 N–H and O–H groups in total. The Bertz CT molecular complexity index is 434. The lowest BCUT2D eigenvalue weighted by atomic mass is 10.1. The molecule has 0 spiro atoms. The molecule has 0 aromatic heterocycles. The molecule has 0 aliphatic carbocycles. The minimum Gasteiger partial charge on any atom is -0.383 e. The van der Waals surface area contributed by atoms with Crippen LogP contribution in [0.4, 0.5) is 8.78 Å². The Kier molecular flexibility index (Phi) is 5.38. The van der Waals surface area contributed by atoms with Gasteiger partial charge in [-0.2, -0.15) is 0 Å². The maximum Gasteiger partial charge on any atom is 0.242 e. The van der Waals surface area contributed by atoms with Crippen molar-refractivity contribution in [2.24, 2.45) is 5.73 Å². The van der Waals surface area contributed by atoms with Crippen LogP contribution in [0.3, 0.4) is 0 Å². The van der Waals surface area contributed by atoms with Crippen LogP contribution >= 0.6 is 0 Å². The molecule has 6 heteroatoms. The molecular weight excluding hydrogens is 254 g/mol. The van der Waals surface area contributed by atoms with Crippen molar-refractivity contribution in [2.75, 3.05) is 20.8 Å². The monoisotopic (exact) mass is 272 g/mol. The molecular formula is C13H18F2N2O2. The Morgan fingerprint density at radius 3 is 2.42 bits per heavy atom. The van der Waals surface area contributed by atoms with Crippen molar-refractivity contribution in [1.82, 2.24) is 4.90 Å². The van der Waals surface area contributed by atoms with Crippen molar-refractivity contribution in [1.29, 1.82) is 0 Å². The van der Waals surface area contributed by atoms with Crippen LogP contribution in [0.5, 0.6) is 0 Å². The normalized spacial score (nSPS) is 14.0. The van der Waals surface area contributed by atoms with Gasteiger partial charge in [0.15, 0.2) is 0 Å². The highest BCUT2D eigenvalue weighted by atomic mass is 19.1. The lowest BCUT2D eigenvalue weighted by Gasteiger charge is -2.28. The Morgan fingerprint density at radius 1 is 1.42 bits per heavy atom. The fourth-order valence-corrected chi connectivity index (χ4v) is 1.81. The molecule has 2 unspecified atom stereocenters. The van der Waals surface area contributed by atoms with Crippen LogP contribution in [0, 0.1) is 11.6 Å². The molecule has 1 amide bonds. The molecule has 1 aromatic rings. The number of nitrogens with two attached hydrogens (primary N) is 1. The number of amides is 1. The van der Waals surface area contributed by atoms with Gasteiger partial charge < -0.3 is 15.4 Å². The fourth-order valence-electron chi connectivity index (χ4n) is 1.81. The van der Waals surface area contributed by atoms with E-state index in [-0.39, 0.29) is 12.2 Å². The molecule has 2 atom stereocenters. The zero-order valence-electron chi connectivity index (χ0n) is 11.2. The lowest BCUT2D eigenvalue weighted by molar-refractivity contribution is -0.134. The van der Waals surface area contributed by atoms with E-state index in [1.54, 1.807) is 6.92 Å². The first-order valence-corrected chi connectivity index (χ1v) is 5.85. The number of likely N-dealkylation sites (N-methyl/N-ethyl adjacent to an activating group) is 1. The Balaban J connectivity index is 2.93. The minimum absolute atomic E-state index is 0.0512. The maximum atomic E-state index is 13.6. The van der Waals surface area contributed by atoms with Crippen molar-refractivity contribution in [3.05, 3.63) is 35.4 Å². The third-order valence-corrected chi connectivity index (χ3v) is 3.01. The Hall–Kier alpha value is -1.53. The predicted octanol–water partition coefficient (Wildman–Crippen LogP) is 1.46. The van der Waals surface area contributed by atoms with Crippen LogP contribution in [0.15, 0.2) is 18.2 Å². The van der Waals surface area contributed by atoms with Crippen LogP contribution in [0.2, 0.25) is 0 Å². The molecule has 0 bridgehead atoms. The number of benzene rings is 1. The second-order valence-electron chi connectivity index (χ2n) is 4.32. The third-order valence-electron chi connectivity index (χ3n) is 3.01. The second kappa shape index (κ2) is 6.58. The summed E-state index contributed by atoms with van der Waals surface area (Å²) in [6.07, 6.45) is 0. The number of halogens is 2. The largest absolute Gasteiger partial charge is 0.383 e. The summed E-state index contributed by atoms with van der Waals surface area (Å²) >= 11 is 0. The van der Waals surface area contributed by atoms with Crippen molar-refractivity contribution in [2.45, 2.75) is 19.0 Å². The highest BCUT2D eigenvalue weighted by molar-refractivity contribution is 5.82. The van der Waals surface area contributed by atoms with E-state index in [0.717, 1.165) is 12.1 Å². The summed E-state index contributed by atoms with van der Waals surface area (Å²) in [4.78, 5) is 13.2. The van der Waals surface area contributed by atoms with Gasteiger partial charge in [0.05, 0.1) is 12.6 Å². The van der Waals surface area contributed by atoms with E-state index in [0.29, 0.717) is 0 Å². The van der Waals surface area contributed by atoms with E-state index in [1.165, 1.54) is 25.1 Å². The Labute approximate surface area is 111 Å². The SMILES string of the molecule is COCC(N)C(=O)N(C)C(C)c1c(F)cccc1F. The van der Waals surface area contributed by atoms with E-state index in [2.05, 4.69) is 0 Å². The molecule has 0 saturated carbocycles. The molecule has 4 nitrogen and oxygen atoms in total. The van der Waals surface area contributed by atoms with Crippen molar-refractivity contribution >= 4 is 5.91 Å². The van der Waals surface area contributed by atoms with E-state index >= 15 is 0 Å². The molecule has 0 aliphatic rings. The summed E-state index contributed by atoms with van der Waals surface area (Å²) in [5.74, 6) is -1.81. The molecule has 0 radical (unpaired) electrons. The van der Waals surface area contributed by atoms with Gasteiger partial charge in [-0.3, -0.25) is 4.79 Å². The number of methoxy groups -OCH3 is 1. The quantitative estimate of drug-likeness (QED) is 0.883. The zero-order chi connectivity index (χ0) is 14.6. The summed E-state index contributed by atoms with van der Waals surface area (Å²) in [6, 6.07) is 1.98. The minimum atomic E-state index is -0.854. The van der Waals surface area contributed by atoms with Gasteiger partial charge in [0.25, 0.3) is 0 Å². The van der Waals surface area contributed by atoms with Gasteiger partial charge in [0.1, 0.15) is 17.7 Å². The number of nitrogens with zero attached hydrogens (tertiary/aromatic N) is 1. The Morgan fingerprint density at radius 2 is 1.95 bits per heavy atom. The molecule has 1 rings (SSSR count). The fraction of sp³-hybridized carbons (Fsp3) is 0.462. The smallest absolute Gasteiger partial charge is 0.242 e. The number of ether oxygens (including phenoxy) is 1. The van der Waals surface area contributed by atoms with Gasteiger partial charge in [0.2, 0.25) is 5.91 Å². The predicted molar refractivity (Wildman–Crippen MR) is 67.4 cm³/mol. The molecule has 0 saturated heterocycles. The van der Waals surface area contributed by atoms with Crippen molar-refractivity contribution < 1.29 is 18.3 Å². The van der Waals surface area contributed by atoms with E-state index in [1.807, 2.05) is 0 Å². The lowest BCUT2D eigenvalue weighted by Crippen LogP contribution is -2.45. The average Bonchev–Trinajstić information content (AvgIpc) is 2.36. The van der Waals surface area contributed by atoms with Crippen molar-refractivity contribution in [3.63, 3.8) is 0 Å². The first kappa shape index (κ1) is 15.5. The summed E-state index contributed by atoms with van der Waals surface area (Å²) in [5, 5.41) is 0. The van der Waals surface area contributed by atoms with Crippen molar-refractivity contribution in [3.8, 4) is 0 Å². The molecule has 1 aromatic carbocycles. The van der Waals surface area contributed by atoms with Crippen LogP contribution < -0.4 is 5.73 Å². The number of hydrogen-bond acceptors (Lipinski definition) is 3. The highest BCUT2D eigenvalue weighted by Crippen LogP contribution is 2.24. The van der Waals surface area contributed by atoms with E-state index in [4.69, 9.17) is 10.5 Å². The molecule has 0 heterocycles. The number of rotatable bonds is 5. The summed E-state index contributed by atoms with van der Waals surface area (Å²) in [7, 11) is 2.88. The van der Waals surface area contributed by atoms with E-state index < -0.39 is 29.6 Å². The van der Waals surface area contributed by atoms with Gasteiger partial charge in [-0.15, -0.1) is 0 Å². The number of hydrogen-bond donors (Lipinski definition) is 1. The molecule has 19 heavy (non-hydrogen) atoms. The highest BCUT2D eigenvalue weighted by Gasteiger charge is 2.26. The van der Waals surface area contributed by atoms with Crippen LogP contribution in [0.1, 0.15) is 18.5 Å². The molecule has 106 valence electrons. The van der Waals surface area contributed by atoms with Crippen LogP contribution in [-0.2, 0) is 9.53 Å². The standard InChI is InChI=1S/C13H18F2N2O2/c1-8(12-9(14)5-4-6-10(12)15)17(2)13(18)11(16)7-19-3/h4-6,8,11H,7,16H2,1-3H3. The van der Waals surface area contributed by atoms with Gasteiger partial charge in [-0.1, -0.05) is 6.07 Å². The van der Waals surface area contributed by atoms with Crippen LogP contribution in [0.25, 0.3) is 0 Å². The van der Waals surface area contributed by atoms with Crippen LogP contribution in [-0.4, -0.2) is 37.6 Å². The van der Waals surface area contributed by atoms with Gasteiger partial charge >= 0.3 is 0 Å². The average molecular weight is 272 g/mol. The maximum absolute atomic E-state index is 13.6. The summed E-state index contributed by atoms with van der Waals surface area (Å²) < 4.78 is 32.1.